The monoisotopic (exact) mass is 407 g/mol. The third kappa shape index (κ3) is 2.65. The molecule has 4 aromatic rings. The fourth-order valence-corrected chi connectivity index (χ4v) is 3.20. The van der Waals surface area contributed by atoms with Crippen molar-refractivity contribution in [1.29, 1.82) is 0 Å². The molecule has 0 saturated heterocycles. The van der Waals surface area contributed by atoms with Crippen molar-refractivity contribution in [3.63, 3.8) is 0 Å². The summed E-state index contributed by atoms with van der Waals surface area (Å²) in [7, 11) is 3.49. The van der Waals surface area contributed by atoms with E-state index in [1.165, 1.54) is 0 Å². The van der Waals surface area contributed by atoms with E-state index >= 15 is 0 Å². The molecule has 0 amide bonds. The zero-order chi connectivity index (χ0) is 18.3. The zero-order valence-electron chi connectivity index (χ0n) is 14.1. The number of nitrogens with zero attached hydrogens (tertiary/aromatic N) is 4. The third-order valence-electron chi connectivity index (χ3n) is 4.15. The predicted octanol–water partition coefficient (Wildman–Crippen LogP) is 4.95. The highest BCUT2D eigenvalue weighted by molar-refractivity contribution is 9.10. The molecule has 0 saturated carbocycles. The minimum absolute atomic E-state index is 0.558. The number of halogens is 1. The lowest BCUT2D eigenvalue weighted by Gasteiger charge is -2.04. The van der Waals surface area contributed by atoms with Gasteiger partial charge in [0.1, 0.15) is 11.4 Å². The molecule has 7 heteroatoms. The standard InChI is InChI=1S/C19H14BrN5O/c1-21-13-8-9-14-15(10-13)23-19(22-14)17-18(26-3)16(24-25(17)2)11-4-6-12(20)7-5-11/h4-10H,2-3H3,(H,22,23). The summed E-state index contributed by atoms with van der Waals surface area (Å²) in [5, 5.41) is 4.63. The summed E-state index contributed by atoms with van der Waals surface area (Å²) in [6, 6.07) is 13.3. The van der Waals surface area contributed by atoms with Crippen LogP contribution in [-0.4, -0.2) is 26.9 Å². The third-order valence-corrected chi connectivity index (χ3v) is 4.67. The van der Waals surface area contributed by atoms with Crippen LogP contribution in [0.2, 0.25) is 0 Å². The van der Waals surface area contributed by atoms with Gasteiger partial charge in [-0.2, -0.15) is 5.10 Å². The number of imidazole rings is 1. The van der Waals surface area contributed by atoms with Gasteiger partial charge in [-0.05, 0) is 24.3 Å². The smallest absolute Gasteiger partial charge is 0.189 e. The lowest BCUT2D eigenvalue weighted by molar-refractivity contribution is 0.417. The number of nitrogens with one attached hydrogen (secondary N) is 1. The number of benzene rings is 2. The van der Waals surface area contributed by atoms with Crippen molar-refractivity contribution in [3.05, 3.63) is 58.4 Å². The zero-order valence-corrected chi connectivity index (χ0v) is 15.7. The SMILES string of the molecule is [C-]#[N+]c1ccc2[nH]c(-c3c(OC)c(-c4ccc(Br)cc4)nn3C)nc2c1. The molecule has 2 aromatic carbocycles. The van der Waals surface area contributed by atoms with Gasteiger partial charge in [-0.15, -0.1) is 0 Å². The molecule has 0 atom stereocenters. The quantitative estimate of drug-likeness (QED) is 0.488. The molecule has 0 radical (unpaired) electrons. The minimum atomic E-state index is 0.558. The van der Waals surface area contributed by atoms with E-state index in [1.807, 2.05) is 37.4 Å². The van der Waals surface area contributed by atoms with Gasteiger partial charge in [-0.25, -0.2) is 9.83 Å². The molecule has 0 bridgehead atoms. The summed E-state index contributed by atoms with van der Waals surface area (Å²) in [6.45, 7) is 7.15. The van der Waals surface area contributed by atoms with Gasteiger partial charge in [-0.1, -0.05) is 34.1 Å². The maximum absolute atomic E-state index is 7.15. The highest BCUT2D eigenvalue weighted by Crippen LogP contribution is 2.38. The number of methoxy groups -OCH3 is 1. The van der Waals surface area contributed by atoms with Gasteiger partial charge in [0.2, 0.25) is 0 Å². The molecular weight excluding hydrogens is 394 g/mol. The largest absolute Gasteiger partial charge is 0.492 e. The number of fused-ring (bicyclic) bond motifs is 1. The van der Waals surface area contributed by atoms with Crippen molar-refractivity contribution in [2.45, 2.75) is 0 Å². The van der Waals surface area contributed by atoms with E-state index in [9.17, 15) is 0 Å². The summed E-state index contributed by atoms with van der Waals surface area (Å²) >= 11 is 3.45. The fraction of sp³-hybridized carbons (Fsp3) is 0.105. The van der Waals surface area contributed by atoms with Crippen LogP contribution in [0.1, 0.15) is 0 Å². The molecule has 0 aliphatic rings. The minimum Gasteiger partial charge on any atom is -0.492 e. The second-order valence-electron chi connectivity index (χ2n) is 5.76. The summed E-state index contributed by atoms with van der Waals surface area (Å²) in [5.74, 6) is 1.30. The molecule has 0 aliphatic carbocycles. The predicted molar refractivity (Wildman–Crippen MR) is 104 cm³/mol. The van der Waals surface area contributed by atoms with Crippen molar-refractivity contribution < 1.29 is 4.74 Å². The van der Waals surface area contributed by atoms with Crippen LogP contribution >= 0.6 is 15.9 Å². The molecule has 0 unspecified atom stereocenters. The fourth-order valence-electron chi connectivity index (χ4n) is 2.93. The Morgan fingerprint density at radius 2 is 1.96 bits per heavy atom. The van der Waals surface area contributed by atoms with E-state index in [-0.39, 0.29) is 0 Å². The van der Waals surface area contributed by atoms with E-state index in [4.69, 9.17) is 11.3 Å². The van der Waals surface area contributed by atoms with Gasteiger partial charge in [0.15, 0.2) is 17.3 Å². The summed E-state index contributed by atoms with van der Waals surface area (Å²) in [6.07, 6.45) is 0. The van der Waals surface area contributed by atoms with Gasteiger partial charge < -0.3 is 9.72 Å². The second-order valence-corrected chi connectivity index (χ2v) is 6.68. The van der Waals surface area contributed by atoms with Crippen LogP contribution in [0.5, 0.6) is 5.75 Å². The van der Waals surface area contributed by atoms with Crippen molar-refractivity contribution in [2.75, 3.05) is 7.11 Å². The van der Waals surface area contributed by atoms with Crippen LogP contribution in [-0.2, 0) is 7.05 Å². The van der Waals surface area contributed by atoms with Crippen LogP contribution in [0.15, 0.2) is 46.9 Å². The molecule has 128 valence electrons. The molecule has 1 N–H and O–H groups in total. The summed E-state index contributed by atoms with van der Waals surface area (Å²) < 4.78 is 8.43. The summed E-state index contributed by atoms with van der Waals surface area (Å²) in [4.78, 5) is 11.4. The van der Waals surface area contributed by atoms with Crippen molar-refractivity contribution >= 4 is 32.7 Å². The molecule has 0 aliphatic heterocycles. The molecule has 0 spiro atoms. The average Bonchev–Trinajstić information content (AvgIpc) is 3.21. The van der Waals surface area contributed by atoms with E-state index in [0.717, 1.165) is 32.5 Å². The van der Waals surface area contributed by atoms with Crippen molar-refractivity contribution in [2.24, 2.45) is 7.05 Å². The van der Waals surface area contributed by atoms with Gasteiger partial charge in [0.25, 0.3) is 0 Å². The maximum Gasteiger partial charge on any atom is 0.189 e. The normalized spacial score (nSPS) is 10.8. The van der Waals surface area contributed by atoms with Crippen molar-refractivity contribution in [1.82, 2.24) is 19.7 Å². The molecule has 2 aromatic heterocycles. The first-order valence-electron chi connectivity index (χ1n) is 7.85. The van der Waals surface area contributed by atoms with E-state index in [2.05, 4.69) is 35.8 Å². The maximum atomic E-state index is 7.15. The van der Waals surface area contributed by atoms with Crippen molar-refractivity contribution in [3.8, 4) is 28.5 Å². The van der Waals surface area contributed by atoms with Gasteiger partial charge in [0.05, 0.1) is 24.7 Å². The lowest BCUT2D eigenvalue weighted by atomic mass is 10.1. The Bertz CT molecular complexity index is 1150. The molecule has 26 heavy (non-hydrogen) atoms. The Morgan fingerprint density at radius 3 is 2.65 bits per heavy atom. The van der Waals surface area contributed by atoms with Crippen LogP contribution in [0, 0.1) is 6.57 Å². The van der Waals surface area contributed by atoms with Crippen LogP contribution in [0.25, 0.3) is 38.7 Å². The van der Waals surface area contributed by atoms with Gasteiger partial charge in [0, 0.05) is 17.1 Å². The Morgan fingerprint density at radius 1 is 1.19 bits per heavy atom. The Kier molecular flexibility index (Phi) is 3.98. The second kappa shape index (κ2) is 6.32. The van der Waals surface area contributed by atoms with E-state index < -0.39 is 0 Å². The molecule has 4 rings (SSSR count). The number of aromatic nitrogens is 4. The first-order chi connectivity index (χ1) is 12.6. The number of aromatic amines is 1. The Balaban J connectivity index is 1.89. The molecule has 6 nitrogen and oxygen atoms in total. The van der Waals surface area contributed by atoms with Crippen LogP contribution < -0.4 is 4.74 Å². The molecule has 0 fully saturated rings. The van der Waals surface area contributed by atoms with Gasteiger partial charge >= 0.3 is 0 Å². The highest BCUT2D eigenvalue weighted by Gasteiger charge is 2.22. The van der Waals surface area contributed by atoms with E-state index in [0.29, 0.717) is 17.3 Å². The highest BCUT2D eigenvalue weighted by atomic mass is 79.9. The van der Waals surface area contributed by atoms with Gasteiger partial charge in [-0.3, -0.25) is 4.68 Å². The molecule has 2 heterocycles. The number of aryl methyl sites for hydroxylation is 1. The number of hydrogen-bond acceptors (Lipinski definition) is 3. The average molecular weight is 408 g/mol. The lowest BCUT2D eigenvalue weighted by Crippen LogP contribution is -1.96. The number of H-pyrrole nitrogens is 1. The Hall–Kier alpha value is -3.11. The Labute approximate surface area is 158 Å². The molecular formula is C19H14BrN5O. The van der Waals surface area contributed by atoms with E-state index in [1.54, 1.807) is 23.9 Å². The topological polar surface area (TPSA) is 60.1 Å². The number of rotatable bonds is 3. The van der Waals surface area contributed by atoms with Crippen LogP contribution in [0.4, 0.5) is 5.69 Å². The van der Waals surface area contributed by atoms with Crippen LogP contribution in [0.3, 0.4) is 0 Å². The first-order valence-corrected chi connectivity index (χ1v) is 8.64. The first kappa shape index (κ1) is 16.4. The number of ether oxygens (including phenoxy) is 1. The number of hydrogen-bond donors (Lipinski definition) is 1. The summed E-state index contributed by atoms with van der Waals surface area (Å²) in [5.41, 5.74) is 4.62.